The van der Waals surface area contributed by atoms with Crippen molar-refractivity contribution < 1.29 is 14.3 Å². The van der Waals surface area contributed by atoms with Crippen molar-refractivity contribution in [2.45, 2.75) is 32.7 Å². The summed E-state index contributed by atoms with van der Waals surface area (Å²) < 4.78 is 10.9. The van der Waals surface area contributed by atoms with Crippen molar-refractivity contribution in [1.29, 1.82) is 0 Å². The van der Waals surface area contributed by atoms with Gasteiger partial charge in [0.15, 0.2) is 0 Å². The maximum Gasteiger partial charge on any atom is 0.254 e. The van der Waals surface area contributed by atoms with Crippen LogP contribution in [-0.2, 0) is 11.2 Å². The number of hydrogen-bond acceptors (Lipinski definition) is 4. The summed E-state index contributed by atoms with van der Waals surface area (Å²) in [5.41, 5.74) is 2.05. The molecule has 0 aromatic heterocycles. The van der Waals surface area contributed by atoms with E-state index in [1.165, 1.54) is 5.56 Å². The number of methoxy groups -OCH3 is 1. The predicted octanol–water partition coefficient (Wildman–Crippen LogP) is 4.03. The van der Waals surface area contributed by atoms with Gasteiger partial charge in [-0.05, 0) is 69.0 Å². The molecule has 1 heterocycles. The molecule has 0 bridgehead atoms. The number of carbonyl (C=O) groups is 1. The lowest BCUT2D eigenvalue weighted by Crippen LogP contribution is -2.42. The van der Waals surface area contributed by atoms with Crippen molar-refractivity contribution in [2.24, 2.45) is 11.8 Å². The normalized spacial score (nSPS) is 18.3. The van der Waals surface area contributed by atoms with E-state index in [2.05, 4.69) is 49.5 Å². The van der Waals surface area contributed by atoms with Gasteiger partial charge in [0.05, 0.1) is 6.61 Å². The zero-order valence-corrected chi connectivity index (χ0v) is 19.0. The zero-order valence-electron chi connectivity index (χ0n) is 19.0. The number of hydrogen-bond donors (Lipinski definition) is 1. The van der Waals surface area contributed by atoms with Crippen molar-refractivity contribution in [3.63, 3.8) is 0 Å². The van der Waals surface area contributed by atoms with Gasteiger partial charge in [0.1, 0.15) is 5.75 Å². The molecule has 3 rings (SSSR count). The van der Waals surface area contributed by atoms with E-state index >= 15 is 0 Å². The number of nitrogens with one attached hydrogen (secondary N) is 1. The van der Waals surface area contributed by atoms with Crippen LogP contribution in [0, 0.1) is 11.8 Å². The number of amides is 1. The monoisotopic (exact) mass is 424 g/mol. The smallest absolute Gasteiger partial charge is 0.254 e. The molecular formula is C26H36N2O3. The predicted molar refractivity (Wildman–Crippen MR) is 125 cm³/mol. The van der Waals surface area contributed by atoms with Crippen LogP contribution in [0.15, 0.2) is 54.6 Å². The number of carbonyl (C=O) groups excluding carboxylic acids is 1. The fraction of sp³-hybridized carbons (Fsp3) is 0.500. The Kier molecular flexibility index (Phi) is 8.92. The van der Waals surface area contributed by atoms with Gasteiger partial charge in [-0.1, -0.05) is 36.4 Å². The Balaban J connectivity index is 1.65. The third-order valence-corrected chi connectivity index (χ3v) is 5.98. The summed E-state index contributed by atoms with van der Waals surface area (Å²) in [7, 11) is 1.68. The van der Waals surface area contributed by atoms with E-state index < -0.39 is 0 Å². The van der Waals surface area contributed by atoms with Crippen LogP contribution in [0.2, 0.25) is 0 Å². The minimum Gasteiger partial charge on any atom is -0.493 e. The van der Waals surface area contributed by atoms with Crippen LogP contribution < -0.4 is 10.1 Å². The molecule has 5 heteroatoms. The topological polar surface area (TPSA) is 50.8 Å². The van der Waals surface area contributed by atoms with Crippen molar-refractivity contribution in [3.05, 3.63) is 65.7 Å². The molecule has 1 aliphatic heterocycles. The van der Waals surface area contributed by atoms with E-state index in [1.807, 2.05) is 29.2 Å². The molecular weight excluding hydrogens is 388 g/mol. The number of nitrogens with zero attached hydrogens (tertiary/aromatic N) is 1. The number of ether oxygens (including phenoxy) is 2. The lowest BCUT2D eigenvalue weighted by molar-refractivity contribution is 0.0661. The third-order valence-electron chi connectivity index (χ3n) is 5.98. The second-order valence-corrected chi connectivity index (χ2v) is 8.64. The van der Waals surface area contributed by atoms with E-state index in [4.69, 9.17) is 9.47 Å². The Labute approximate surface area is 186 Å². The molecule has 2 unspecified atom stereocenters. The first kappa shape index (κ1) is 23.3. The summed E-state index contributed by atoms with van der Waals surface area (Å²) >= 11 is 0. The molecule has 31 heavy (non-hydrogen) atoms. The highest BCUT2D eigenvalue weighted by atomic mass is 16.5. The standard InChI is InChI=1S/C26H36N2O3/c1-20(2)28(19-24-18-27-17-23(24)15-21-9-5-4-6-10-21)26(29)22-11-7-12-25(16-22)31-14-8-13-30-3/h4-7,9-12,16,20,23-24,27H,8,13-15,17-19H2,1-3H3. The van der Waals surface area contributed by atoms with Crippen LogP contribution in [0.4, 0.5) is 0 Å². The maximum atomic E-state index is 13.4. The fourth-order valence-corrected chi connectivity index (χ4v) is 4.22. The summed E-state index contributed by atoms with van der Waals surface area (Å²) in [5, 5.41) is 3.54. The molecule has 1 saturated heterocycles. The minimum atomic E-state index is 0.0719. The van der Waals surface area contributed by atoms with E-state index in [0.29, 0.717) is 30.6 Å². The van der Waals surface area contributed by atoms with Crippen LogP contribution in [0.3, 0.4) is 0 Å². The molecule has 2 aromatic carbocycles. The molecule has 1 amide bonds. The first-order valence-corrected chi connectivity index (χ1v) is 11.4. The van der Waals surface area contributed by atoms with Gasteiger partial charge in [-0.3, -0.25) is 4.79 Å². The van der Waals surface area contributed by atoms with Crippen LogP contribution in [0.5, 0.6) is 5.75 Å². The minimum absolute atomic E-state index is 0.0719. The summed E-state index contributed by atoms with van der Waals surface area (Å²) in [5.74, 6) is 1.78. The molecule has 0 aliphatic carbocycles. The van der Waals surface area contributed by atoms with Gasteiger partial charge in [0.2, 0.25) is 0 Å². The Hall–Kier alpha value is -2.37. The lowest BCUT2D eigenvalue weighted by Gasteiger charge is -2.31. The van der Waals surface area contributed by atoms with Gasteiger partial charge in [-0.25, -0.2) is 0 Å². The first-order valence-electron chi connectivity index (χ1n) is 11.4. The van der Waals surface area contributed by atoms with Gasteiger partial charge in [-0.2, -0.15) is 0 Å². The highest BCUT2D eigenvalue weighted by Crippen LogP contribution is 2.25. The highest BCUT2D eigenvalue weighted by molar-refractivity contribution is 5.94. The van der Waals surface area contributed by atoms with Crippen LogP contribution in [0.1, 0.15) is 36.2 Å². The fourth-order valence-electron chi connectivity index (χ4n) is 4.22. The van der Waals surface area contributed by atoms with Gasteiger partial charge in [0, 0.05) is 38.3 Å². The maximum absolute atomic E-state index is 13.4. The second kappa shape index (κ2) is 11.9. The van der Waals surface area contributed by atoms with Gasteiger partial charge in [0.25, 0.3) is 5.91 Å². The molecule has 5 nitrogen and oxygen atoms in total. The van der Waals surface area contributed by atoms with Crippen LogP contribution in [0.25, 0.3) is 0 Å². The van der Waals surface area contributed by atoms with Crippen molar-refractivity contribution in [2.75, 3.05) is 40.0 Å². The number of rotatable bonds is 11. The molecule has 0 radical (unpaired) electrons. The molecule has 2 aromatic rings. The van der Waals surface area contributed by atoms with Gasteiger partial charge >= 0.3 is 0 Å². The van der Waals surface area contributed by atoms with Gasteiger partial charge < -0.3 is 19.7 Å². The van der Waals surface area contributed by atoms with E-state index in [0.717, 1.165) is 38.2 Å². The summed E-state index contributed by atoms with van der Waals surface area (Å²) in [6.07, 6.45) is 1.87. The van der Waals surface area contributed by atoms with Crippen LogP contribution in [-0.4, -0.2) is 56.8 Å². The van der Waals surface area contributed by atoms with Crippen molar-refractivity contribution in [3.8, 4) is 5.75 Å². The summed E-state index contributed by atoms with van der Waals surface area (Å²) in [6.45, 7) is 8.16. The molecule has 2 atom stereocenters. The van der Waals surface area contributed by atoms with E-state index in [9.17, 15) is 4.79 Å². The SMILES string of the molecule is COCCCOc1cccc(C(=O)N(CC2CNCC2Cc2ccccc2)C(C)C)c1. The molecule has 0 saturated carbocycles. The number of benzene rings is 2. The summed E-state index contributed by atoms with van der Waals surface area (Å²) in [6, 6.07) is 18.3. The van der Waals surface area contributed by atoms with Crippen LogP contribution >= 0.6 is 0 Å². The largest absolute Gasteiger partial charge is 0.493 e. The molecule has 1 fully saturated rings. The Bertz CT molecular complexity index is 809. The molecule has 0 spiro atoms. The quantitative estimate of drug-likeness (QED) is 0.554. The van der Waals surface area contributed by atoms with Gasteiger partial charge in [-0.15, -0.1) is 0 Å². The second-order valence-electron chi connectivity index (χ2n) is 8.64. The highest BCUT2D eigenvalue weighted by Gasteiger charge is 2.31. The molecule has 1 aliphatic rings. The summed E-state index contributed by atoms with van der Waals surface area (Å²) in [4.78, 5) is 15.4. The average Bonchev–Trinajstić information content (AvgIpc) is 3.22. The van der Waals surface area contributed by atoms with Crippen molar-refractivity contribution >= 4 is 5.91 Å². The Morgan fingerprint density at radius 3 is 2.58 bits per heavy atom. The molecule has 168 valence electrons. The first-order chi connectivity index (χ1) is 15.1. The van der Waals surface area contributed by atoms with E-state index in [-0.39, 0.29) is 11.9 Å². The van der Waals surface area contributed by atoms with Crippen molar-refractivity contribution in [1.82, 2.24) is 10.2 Å². The average molecular weight is 425 g/mol. The zero-order chi connectivity index (χ0) is 22.1. The van der Waals surface area contributed by atoms with E-state index in [1.54, 1.807) is 7.11 Å². The lowest BCUT2D eigenvalue weighted by atomic mass is 9.89. The Morgan fingerprint density at radius 1 is 1.06 bits per heavy atom. The molecule has 1 N–H and O–H groups in total. The Morgan fingerprint density at radius 2 is 1.84 bits per heavy atom. The third kappa shape index (κ3) is 6.81.